The van der Waals surface area contributed by atoms with E-state index < -0.39 is 0 Å². The number of rotatable bonds is 4. The second-order valence-electron chi connectivity index (χ2n) is 5.91. The first-order valence-electron chi connectivity index (χ1n) is 8.21. The van der Waals surface area contributed by atoms with Gasteiger partial charge >= 0.3 is 0 Å². The Labute approximate surface area is 147 Å². The van der Waals surface area contributed by atoms with E-state index in [4.69, 9.17) is 10.00 Å². The third-order valence-electron chi connectivity index (χ3n) is 4.32. The maximum absolute atomic E-state index is 12.5. The van der Waals surface area contributed by atoms with Crippen LogP contribution in [0.2, 0.25) is 0 Å². The largest absolute Gasteiger partial charge is 0.497 e. The van der Waals surface area contributed by atoms with Gasteiger partial charge in [-0.05, 0) is 29.8 Å². The van der Waals surface area contributed by atoms with E-state index in [1.807, 2.05) is 35.2 Å². The molecule has 6 heteroatoms. The number of anilines is 1. The maximum atomic E-state index is 12.5. The van der Waals surface area contributed by atoms with Crippen molar-refractivity contribution in [2.45, 2.75) is 6.42 Å². The number of pyridine rings is 1. The summed E-state index contributed by atoms with van der Waals surface area (Å²) in [6, 6.07) is 13.3. The fourth-order valence-corrected chi connectivity index (χ4v) is 2.89. The smallest absolute Gasteiger partial charge is 0.227 e. The highest BCUT2D eigenvalue weighted by Crippen LogP contribution is 2.16. The van der Waals surface area contributed by atoms with Gasteiger partial charge in [0.05, 0.1) is 19.1 Å². The SMILES string of the molecule is COc1cccc(CC(=O)N2CCN(c3ccc(C#N)cn3)CC2)c1. The molecule has 0 bridgehead atoms. The summed E-state index contributed by atoms with van der Waals surface area (Å²) in [6.45, 7) is 2.82. The summed E-state index contributed by atoms with van der Waals surface area (Å²) in [5.74, 6) is 1.74. The second-order valence-corrected chi connectivity index (χ2v) is 5.91. The zero-order valence-corrected chi connectivity index (χ0v) is 14.2. The number of nitriles is 1. The minimum Gasteiger partial charge on any atom is -0.497 e. The lowest BCUT2D eigenvalue weighted by Gasteiger charge is -2.35. The van der Waals surface area contributed by atoms with Gasteiger partial charge in [0.1, 0.15) is 17.6 Å². The molecule has 1 aliphatic heterocycles. The molecular weight excluding hydrogens is 316 g/mol. The Kier molecular flexibility index (Phi) is 5.14. The molecule has 1 fully saturated rings. The van der Waals surface area contributed by atoms with Gasteiger partial charge in [0.25, 0.3) is 0 Å². The highest BCUT2D eigenvalue weighted by Gasteiger charge is 2.22. The predicted octanol–water partition coefficient (Wildman–Crippen LogP) is 1.85. The van der Waals surface area contributed by atoms with E-state index in [9.17, 15) is 4.79 Å². The normalized spacial score (nSPS) is 14.1. The molecule has 1 amide bonds. The molecule has 2 aromatic rings. The molecule has 0 aliphatic carbocycles. The molecule has 1 saturated heterocycles. The molecule has 0 spiro atoms. The van der Waals surface area contributed by atoms with E-state index >= 15 is 0 Å². The number of nitrogens with zero attached hydrogens (tertiary/aromatic N) is 4. The molecule has 0 radical (unpaired) electrons. The average Bonchev–Trinajstić information content (AvgIpc) is 2.68. The van der Waals surface area contributed by atoms with Crippen molar-refractivity contribution < 1.29 is 9.53 Å². The van der Waals surface area contributed by atoms with Crippen LogP contribution in [0.4, 0.5) is 5.82 Å². The highest BCUT2D eigenvalue weighted by atomic mass is 16.5. The number of amides is 1. The third-order valence-corrected chi connectivity index (χ3v) is 4.32. The summed E-state index contributed by atoms with van der Waals surface area (Å²) in [5, 5.41) is 8.83. The van der Waals surface area contributed by atoms with Gasteiger partial charge in [0, 0.05) is 32.4 Å². The monoisotopic (exact) mass is 336 g/mol. The Balaban J connectivity index is 1.56. The lowest BCUT2D eigenvalue weighted by atomic mass is 10.1. The number of hydrogen-bond acceptors (Lipinski definition) is 5. The molecule has 3 rings (SSSR count). The van der Waals surface area contributed by atoms with Gasteiger partial charge in [-0.1, -0.05) is 12.1 Å². The molecule has 128 valence electrons. The Morgan fingerprint density at radius 3 is 2.68 bits per heavy atom. The number of hydrogen-bond donors (Lipinski definition) is 0. The van der Waals surface area contributed by atoms with Crippen LogP contribution in [0.25, 0.3) is 0 Å². The van der Waals surface area contributed by atoms with Crippen molar-refractivity contribution >= 4 is 11.7 Å². The topological polar surface area (TPSA) is 69.5 Å². The van der Waals surface area contributed by atoms with Crippen LogP contribution in [0, 0.1) is 11.3 Å². The molecule has 1 aromatic carbocycles. The summed E-state index contributed by atoms with van der Waals surface area (Å²) in [4.78, 5) is 20.8. The number of carbonyl (C=O) groups is 1. The van der Waals surface area contributed by atoms with Crippen LogP contribution >= 0.6 is 0 Å². The molecule has 6 nitrogen and oxygen atoms in total. The summed E-state index contributed by atoms with van der Waals surface area (Å²) < 4.78 is 5.20. The van der Waals surface area contributed by atoms with Crippen molar-refractivity contribution in [3.05, 3.63) is 53.7 Å². The molecule has 25 heavy (non-hydrogen) atoms. The van der Waals surface area contributed by atoms with Crippen LogP contribution in [0.15, 0.2) is 42.6 Å². The Hall–Kier alpha value is -3.07. The average molecular weight is 336 g/mol. The van der Waals surface area contributed by atoms with Gasteiger partial charge in [0.15, 0.2) is 0 Å². The summed E-state index contributed by atoms with van der Waals surface area (Å²) >= 11 is 0. The van der Waals surface area contributed by atoms with E-state index in [2.05, 4.69) is 16.0 Å². The third kappa shape index (κ3) is 4.07. The minimum atomic E-state index is 0.126. The van der Waals surface area contributed by atoms with Crippen molar-refractivity contribution in [2.75, 3.05) is 38.2 Å². The molecule has 0 atom stereocenters. The fraction of sp³-hybridized carbons (Fsp3) is 0.316. The van der Waals surface area contributed by atoms with Crippen molar-refractivity contribution in [2.24, 2.45) is 0 Å². The molecule has 1 aromatic heterocycles. The zero-order chi connectivity index (χ0) is 17.6. The van der Waals surface area contributed by atoms with Crippen LogP contribution in [0.5, 0.6) is 5.75 Å². The molecule has 0 N–H and O–H groups in total. The van der Waals surface area contributed by atoms with Gasteiger partial charge in [-0.15, -0.1) is 0 Å². The minimum absolute atomic E-state index is 0.126. The van der Waals surface area contributed by atoms with E-state index in [0.717, 1.165) is 30.2 Å². The van der Waals surface area contributed by atoms with Crippen molar-refractivity contribution in [1.82, 2.24) is 9.88 Å². The van der Waals surface area contributed by atoms with Crippen LogP contribution in [-0.2, 0) is 11.2 Å². The number of aromatic nitrogens is 1. The van der Waals surface area contributed by atoms with Crippen molar-refractivity contribution in [3.8, 4) is 11.8 Å². The first-order valence-corrected chi connectivity index (χ1v) is 8.21. The van der Waals surface area contributed by atoms with E-state index in [0.29, 0.717) is 25.1 Å². The van der Waals surface area contributed by atoms with Gasteiger partial charge < -0.3 is 14.5 Å². The second kappa shape index (κ2) is 7.67. The number of piperazine rings is 1. The summed E-state index contributed by atoms with van der Waals surface area (Å²) in [5.41, 5.74) is 1.51. The molecule has 1 aliphatic rings. The lowest BCUT2D eigenvalue weighted by Crippen LogP contribution is -2.49. The number of carbonyl (C=O) groups excluding carboxylic acids is 1. The van der Waals surface area contributed by atoms with Gasteiger partial charge in [-0.2, -0.15) is 5.26 Å². The Morgan fingerprint density at radius 1 is 1.24 bits per heavy atom. The summed E-state index contributed by atoms with van der Waals surface area (Å²) in [7, 11) is 1.62. The molecule has 0 saturated carbocycles. The van der Waals surface area contributed by atoms with Crippen LogP contribution in [0.3, 0.4) is 0 Å². The number of ether oxygens (including phenoxy) is 1. The van der Waals surface area contributed by atoms with Gasteiger partial charge in [0.2, 0.25) is 5.91 Å². The Morgan fingerprint density at radius 2 is 2.04 bits per heavy atom. The van der Waals surface area contributed by atoms with Crippen molar-refractivity contribution in [1.29, 1.82) is 5.26 Å². The number of benzene rings is 1. The van der Waals surface area contributed by atoms with Gasteiger partial charge in [-0.3, -0.25) is 4.79 Å². The van der Waals surface area contributed by atoms with Crippen molar-refractivity contribution in [3.63, 3.8) is 0 Å². The standard InChI is InChI=1S/C19H20N4O2/c1-25-17-4-2-3-15(11-17)12-19(24)23-9-7-22(8-10-23)18-6-5-16(13-20)14-21-18/h2-6,11,14H,7-10,12H2,1H3. The lowest BCUT2D eigenvalue weighted by molar-refractivity contribution is -0.130. The fourth-order valence-electron chi connectivity index (χ4n) is 2.89. The molecule has 2 heterocycles. The van der Waals surface area contributed by atoms with Crippen LogP contribution in [0.1, 0.15) is 11.1 Å². The predicted molar refractivity (Wildman–Crippen MR) is 94.4 cm³/mol. The maximum Gasteiger partial charge on any atom is 0.227 e. The van der Waals surface area contributed by atoms with E-state index in [1.165, 1.54) is 0 Å². The van der Waals surface area contributed by atoms with E-state index in [-0.39, 0.29) is 5.91 Å². The quantitative estimate of drug-likeness (QED) is 0.852. The molecule has 0 unspecified atom stereocenters. The highest BCUT2D eigenvalue weighted by molar-refractivity contribution is 5.79. The van der Waals surface area contributed by atoms with Crippen LogP contribution < -0.4 is 9.64 Å². The van der Waals surface area contributed by atoms with E-state index in [1.54, 1.807) is 19.4 Å². The van der Waals surface area contributed by atoms with Crippen LogP contribution in [-0.4, -0.2) is 49.1 Å². The van der Waals surface area contributed by atoms with Gasteiger partial charge in [-0.25, -0.2) is 4.98 Å². The summed E-state index contributed by atoms with van der Waals surface area (Å²) in [6.07, 6.45) is 1.96. The first kappa shape index (κ1) is 16.8. The first-order chi connectivity index (χ1) is 12.2. The Bertz CT molecular complexity index is 775. The number of methoxy groups -OCH3 is 1. The zero-order valence-electron chi connectivity index (χ0n) is 14.2. The molecular formula is C19H20N4O2.